The lowest BCUT2D eigenvalue weighted by atomic mass is 10.1. The highest BCUT2D eigenvalue weighted by Crippen LogP contribution is 2.25. The molecule has 0 bridgehead atoms. The predicted molar refractivity (Wildman–Crippen MR) is 73.2 cm³/mol. The number of hydrogen-bond acceptors (Lipinski definition) is 3. The number of aryl methyl sites for hydroxylation is 1. The lowest BCUT2D eigenvalue weighted by molar-refractivity contribution is 0.110. The molecule has 0 fully saturated rings. The summed E-state index contributed by atoms with van der Waals surface area (Å²) >= 11 is 5.86. The second-order valence-electron chi connectivity index (χ2n) is 4.91. The number of halogens is 1. The molecule has 4 nitrogen and oxygen atoms in total. The van der Waals surface area contributed by atoms with Crippen LogP contribution in [-0.4, -0.2) is 34.1 Å². The molecule has 2 rings (SSSR count). The zero-order chi connectivity index (χ0) is 13.2. The largest absolute Gasteiger partial charge is 0.382 e. The van der Waals surface area contributed by atoms with Crippen LogP contribution in [-0.2, 0) is 16.7 Å². The standard InChI is InChI=1S/C13H18ClN3O/c1-13(2,9-18-3)17-11-5-7-15-8-10(11)16-12(17)4-6-14/h5,7-8H,4,6,9H2,1-3H3. The van der Waals surface area contributed by atoms with Crippen molar-refractivity contribution in [3.8, 4) is 0 Å². The molecule has 2 aromatic rings. The smallest absolute Gasteiger partial charge is 0.111 e. The van der Waals surface area contributed by atoms with Crippen molar-refractivity contribution in [1.82, 2.24) is 14.5 Å². The third-order valence-electron chi connectivity index (χ3n) is 2.95. The van der Waals surface area contributed by atoms with E-state index in [4.69, 9.17) is 16.3 Å². The number of rotatable bonds is 5. The number of fused-ring (bicyclic) bond motifs is 1. The minimum atomic E-state index is -0.160. The fourth-order valence-corrected chi connectivity index (χ4v) is 2.50. The van der Waals surface area contributed by atoms with Gasteiger partial charge in [0.25, 0.3) is 0 Å². The zero-order valence-electron chi connectivity index (χ0n) is 11.0. The Balaban J connectivity index is 2.61. The molecule has 0 N–H and O–H groups in total. The van der Waals surface area contributed by atoms with Gasteiger partial charge in [0.15, 0.2) is 0 Å². The summed E-state index contributed by atoms with van der Waals surface area (Å²) in [7, 11) is 1.71. The van der Waals surface area contributed by atoms with Crippen LogP contribution in [0.15, 0.2) is 18.5 Å². The molecule has 0 aliphatic heterocycles. The van der Waals surface area contributed by atoms with Gasteiger partial charge in [0, 0.05) is 25.6 Å². The van der Waals surface area contributed by atoms with Gasteiger partial charge >= 0.3 is 0 Å². The van der Waals surface area contributed by atoms with Crippen LogP contribution in [0.4, 0.5) is 0 Å². The van der Waals surface area contributed by atoms with Gasteiger partial charge in [-0.3, -0.25) is 4.98 Å². The average molecular weight is 268 g/mol. The van der Waals surface area contributed by atoms with Gasteiger partial charge in [-0.2, -0.15) is 0 Å². The number of aromatic nitrogens is 3. The third kappa shape index (κ3) is 2.35. The molecule has 0 aliphatic carbocycles. The fraction of sp³-hybridized carbons (Fsp3) is 0.538. The Hall–Kier alpha value is -1.13. The molecule has 0 spiro atoms. The maximum atomic E-state index is 5.86. The van der Waals surface area contributed by atoms with Crippen molar-refractivity contribution in [3.63, 3.8) is 0 Å². The monoisotopic (exact) mass is 267 g/mol. The first-order valence-electron chi connectivity index (χ1n) is 5.97. The summed E-state index contributed by atoms with van der Waals surface area (Å²) < 4.78 is 7.52. The molecule has 0 amide bonds. The van der Waals surface area contributed by atoms with Crippen molar-refractivity contribution >= 4 is 22.6 Å². The normalized spacial score (nSPS) is 12.2. The first kappa shape index (κ1) is 13.3. The number of alkyl halides is 1. The molecule has 0 saturated carbocycles. The van der Waals surface area contributed by atoms with Crippen molar-refractivity contribution in [3.05, 3.63) is 24.3 Å². The van der Waals surface area contributed by atoms with E-state index in [0.717, 1.165) is 23.3 Å². The predicted octanol–water partition coefficient (Wildman–Crippen LogP) is 2.59. The fourth-order valence-electron chi connectivity index (χ4n) is 2.33. The lowest BCUT2D eigenvalue weighted by Gasteiger charge is -2.28. The number of nitrogens with zero attached hydrogens (tertiary/aromatic N) is 3. The minimum Gasteiger partial charge on any atom is -0.382 e. The molecule has 0 unspecified atom stereocenters. The topological polar surface area (TPSA) is 39.9 Å². The summed E-state index contributed by atoms with van der Waals surface area (Å²) in [6.45, 7) is 4.89. The van der Waals surface area contributed by atoms with Crippen LogP contribution in [0.1, 0.15) is 19.7 Å². The summed E-state index contributed by atoms with van der Waals surface area (Å²) in [5, 5.41) is 0. The number of ether oxygens (including phenoxy) is 1. The van der Waals surface area contributed by atoms with E-state index in [9.17, 15) is 0 Å². The molecule has 2 aromatic heterocycles. The van der Waals surface area contributed by atoms with Gasteiger partial charge in [-0.05, 0) is 19.9 Å². The van der Waals surface area contributed by atoms with E-state index in [1.54, 1.807) is 19.5 Å². The van der Waals surface area contributed by atoms with Gasteiger partial charge in [-0.15, -0.1) is 11.6 Å². The molecular formula is C13H18ClN3O. The molecule has 98 valence electrons. The Labute approximate surface area is 112 Å². The highest BCUT2D eigenvalue weighted by molar-refractivity contribution is 6.17. The molecule has 0 atom stereocenters. The number of methoxy groups -OCH3 is 1. The van der Waals surface area contributed by atoms with Gasteiger partial charge in [0.1, 0.15) is 11.3 Å². The maximum Gasteiger partial charge on any atom is 0.111 e. The number of imidazole rings is 1. The van der Waals surface area contributed by atoms with Crippen molar-refractivity contribution < 1.29 is 4.74 Å². The van der Waals surface area contributed by atoms with Crippen LogP contribution in [0.25, 0.3) is 11.0 Å². The SMILES string of the molecule is COCC(C)(C)n1c(CCCl)nc2cnccc21. The van der Waals surface area contributed by atoms with E-state index < -0.39 is 0 Å². The Bertz CT molecular complexity index is 536. The highest BCUT2D eigenvalue weighted by atomic mass is 35.5. The molecule has 18 heavy (non-hydrogen) atoms. The van der Waals surface area contributed by atoms with E-state index in [1.165, 1.54) is 0 Å². The van der Waals surface area contributed by atoms with Gasteiger partial charge in [0.2, 0.25) is 0 Å². The number of hydrogen-bond donors (Lipinski definition) is 0. The van der Waals surface area contributed by atoms with E-state index >= 15 is 0 Å². The van der Waals surface area contributed by atoms with Crippen molar-refractivity contribution in [2.45, 2.75) is 25.8 Å². The minimum absolute atomic E-state index is 0.160. The van der Waals surface area contributed by atoms with Crippen LogP contribution >= 0.6 is 11.6 Å². The molecule has 0 aromatic carbocycles. The van der Waals surface area contributed by atoms with E-state index in [2.05, 4.69) is 28.4 Å². The quantitative estimate of drug-likeness (QED) is 0.782. The highest BCUT2D eigenvalue weighted by Gasteiger charge is 2.25. The maximum absolute atomic E-state index is 5.86. The van der Waals surface area contributed by atoms with E-state index in [0.29, 0.717) is 12.5 Å². The summed E-state index contributed by atoms with van der Waals surface area (Å²) in [6.07, 6.45) is 4.31. The van der Waals surface area contributed by atoms with Gasteiger partial charge in [-0.1, -0.05) is 0 Å². The Morgan fingerprint density at radius 1 is 1.44 bits per heavy atom. The second kappa shape index (κ2) is 5.24. The van der Waals surface area contributed by atoms with Crippen LogP contribution in [0.5, 0.6) is 0 Å². The zero-order valence-corrected chi connectivity index (χ0v) is 11.7. The Morgan fingerprint density at radius 3 is 2.89 bits per heavy atom. The van der Waals surface area contributed by atoms with Crippen molar-refractivity contribution in [1.29, 1.82) is 0 Å². The average Bonchev–Trinajstić information content (AvgIpc) is 2.67. The van der Waals surface area contributed by atoms with Gasteiger partial charge in [-0.25, -0.2) is 4.98 Å². The third-order valence-corrected chi connectivity index (χ3v) is 3.14. The van der Waals surface area contributed by atoms with Crippen molar-refractivity contribution in [2.75, 3.05) is 19.6 Å². The molecular weight excluding hydrogens is 250 g/mol. The molecule has 5 heteroatoms. The second-order valence-corrected chi connectivity index (χ2v) is 5.29. The summed E-state index contributed by atoms with van der Waals surface area (Å²) in [6, 6.07) is 1.98. The molecule has 2 heterocycles. The first-order chi connectivity index (χ1) is 8.60. The molecule has 0 aliphatic rings. The van der Waals surface area contributed by atoms with Crippen LogP contribution < -0.4 is 0 Å². The van der Waals surface area contributed by atoms with Crippen molar-refractivity contribution in [2.24, 2.45) is 0 Å². The Kier molecular flexibility index (Phi) is 3.88. The van der Waals surface area contributed by atoms with Gasteiger partial charge in [0.05, 0.1) is 23.9 Å². The lowest BCUT2D eigenvalue weighted by Crippen LogP contribution is -2.33. The summed E-state index contributed by atoms with van der Waals surface area (Å²) in [4.78, 5) is 8.73. The van der Waals surface area contributed by atoms with Crippen LogP contribution in [0.2, 0.25) is 0 Å². The van der Waals surface area contributed by atoms with E-state index in [-0.39, 0.29) is 5.54 Å². The molecule has 0 radical (unpaired) electrons. The number of pyridine rings is 1. The van der Waals surface area contributed by atoms with Gasteiger partial charge < -0.3 is 9.30 Å². The van der Waals surface area contributed by atoms with Crippen LogP contribution in [0, 0.1) is 0 Å². The summed E-state index contributed by atoms with van der Waals surface area (Å²) in [5.74, 6) is 1.54. The van der Waals surface area contributed by atoms with Crippen LogP contribution in [0.3, 0.4) is 0 Å². The Morgan fingerprint density at radius 2 is 2.22 bits per heavy atom. The first-order valence-corrected chi connectivity index (χ1v) is 6.50. The van der Waals surface area contributed by atoms with E-state index in [1.807, 2.05) is 6.07 Å². The summed E-state index contributed by atoms with van der Waals surface area (Å²) in [5.41, 5.74) is 1.82. The molecule has 0 saturated heterocycles.